The van der Waals surface area contributed by atoms with Gasteiger partial charge in [0.15, 0.2) is 5.13 Å². The Kier molecular flexibility index (Phi) is 5.81. The number of carbonyl (C=O) groups is 2. The number of hydrogen-bond donors (Lipinski definition) is 1. The number of amides is 2. The minimum absolute atomic E-state index is 0.0678. The van der Waals surface area contributed by atoms with Crippen LogP contribution in [0.1, 0.15) is 18.2 Å². The zero-order valence-electron chi connectivity index (χ0n) is 16.9. The Morgan fingerprint density at radius 3 is 2.77 bits per heavy atom. The summed E-state index contributed by atoms with van der Waals surface area (Å²) in [4.78, 5) is 32.8. The van der Waals surface area contributed by atoms with E-state index in [0.29, 0.717) is 17.4 Å². The number of thiazole rings is 1. The van der Waals surface area contributed by atoms with Crippen molar-refractivity contribution in [3.8, 4) is 17.0 Å². The van der Waals surface area contributed by atoms with Gasteiger partial charge in [0.25, 0.3) is 0 Å². The maximum atomic E-state index is 12.9. The second kappa shape index (κ2) is 8.67. The molecule has 2 aromatic carbocycles. The van der Waals surface area contributed by atoms with E-state index in [-0.39, 0.29) is 18.2 Å². The molecule has 0 bridgehead atoms. The van der Waals surface area contributed by atoms with Crippen molar-refractivity contribution in [2.45, 2.75) is 19.8 Å². The van der Waals surface area contributed by atoms with Gasteiger partial charge in [-0.25, -0.2) is 4.98 Å². The van der Waals surface area contributed by atoms with Gasteiger partial charge in [0.1, 0.15) is 5.75 Å². The van der Waals surface area contributed by atoms with Crippen molar-refractivity contribution in [1.29, 1.82) is 0 Å². The number of rotatable bonds is 6. The second-order valence-corrected chi connectivity index (χ2v) is 8.19. The van der Waals surface area contributed by atoms with Crippen molar-refractivity contribution < 1.29 is 14.3 Å². The molecule has 1 N–H and O–H groups in total. The number of methoxy groups -OCH3 is 1. The fourth-order valence-corrected chi connectivity index (χ4v) is 4.51. The zero-order valence-corrected chi connectivity index (χ0v) is 17.7. The monoisotopic (exact) mass is 421 g/mol. The minimum Gasteiger partial charge on any atom is -0.497 e. The molecule has 1 aliphatic heterocycles. The van der Waals surface area contributed by atoms with Gasteiger partial charge >= 0.3 is 0 Å². The number of nitrogens with zero attached hydrogens (tertiary/aromatic N) is 2. The molecule has 7 heteroatoms. The molecule has 0 radical (unpaired) electrons. The molecule has 2 amide bonds. The summed E-state index contributed by atoms with van der Waals surface area (Å²) in [6, 6.07) is 17.3. The molecule has 6 nitrogen and oxygen atoms in total. The number of aromatic nitrogens is 1. The predicted octanol–water partition coefficient (Wildman–Crippen LogP) is 4.37. The third kappa shape index (κ3) is 4.07. The van der Waals surface area contributed by atoms with Crippen LogP contribution >= 0.6 is 11.3 Å². The van der Waals surface area contributed by atoms with Gasteiger partial charge < -0.3 is 15.0 Å². The summed E-state index contributed by atoms with van der Waals surface area (Å²) in [5.41, 5.74) is 2.67. The molecule has 3 aromatic rings. The van der Waals surface area contributed by atoms with Crippen LogP contribution in [0.4, 0.5) is 10.8 Å². The first-order chi connectivity index (χ1) is 14.6. The molecule has 30 heavy (non-hydrogen) atoms. The van der Waals surface area contributed by atoms with Crippen LogP contribution in [0.2, 0.25) is 0 Å². The lowest BCUT2D eigenvalue weighted by atomic mass is 10.1. The maximum Gasteiger partial charge on any atom is 0.231 e. The van der Waals surface area contributed by atoms with Gasteiger partial charge in [-0.3, -0.25) is 9.59 Å². The highest BCUT2D eigenvalue weighted by Crippen LogP contribution is 2.33. The highest BCUT2D eigenvalue weighted by Gasteiger charge is 2.35. The van der Waals surface area contributed by atoms with Gasteiger partial charge in [-0.2, -0.15) is 0 Å². The third-order valence-corrected chi connectivity index (χ3v) is 6.27. The summed E-state index contributed by atoms with van der Waals surface area (Å²) >= 11 is 1.49. The highest BCUT2D eigenvalue weighted by molar-refractivity contribution is 7.16. The van der Waals surface area contributed by atoms with E-state index in [9.17, 15) is 9.59 Å². The lowest BCUT2D eigenvalue weighted by Crippen LogP contribution is -2.28. The number of benzene rings is 2. The van der Waals surface area contributed by atoms with E-state index in [0.717, 1.165) is 28.2 Å². The Bertz CT molecular complexity index is 1060. The maximum absolute atomic E-state index is 12.9. The van der Waals surface area contributed by atoms with Crippen LogP contribution < -0.4 is 15.0 Å². The second-order valence-electron chi connectivity index (χ2n) is 7.11. The molecule has 0 spiro atoms. The van der Waals surface area contributed by atoms with Crippen LogP contribution in [-0.4, -0.2) is 30.5 Å². The molecular formula is C23H23N3O3S. The number of carbonyl (C=O) groups excluding carboxylic acids is 2. The Morgan fingerprint density at radius 1 is 1.23 bits per heavy atom. The van der Waals surface area contributed by atoms with Gasteiger partial charge in [-0.15, -0.1) is 11.3 Å². The largest absolute Gasteiger partial charge is 0.497 e. The number of nitrogens with one attached hydrogen (secondary N) is 1. The normalized spacial score (nSPS) is 16.0. The van der Waals surface area contributed by atoms with Gasteiger partial charge in [-0.1, -0.05) is 43.3 Å². The summed E-state index contributed by atoms with van der Waals surface area (Å²) in [6.45, 7) is 2.42. The molecule has 1 fully saturated rings. The molecule has 1 atom stereocenters. The topological polar surface area (TPSA) is 71.5 Å². The number of anilines is 2. The van der Waals surface area contributed by atoms with Gasteiger partial charge in [0.2, 0.25) is 11.8 Å². The Labute approximate surface area is 179 Å². The lowest BCUT2D eigenvalue weighted by Gasteiger charge is -2.17. The fourth-order valence-electron chi connectivity index (χ4n) is 3.58. The SMILES string of the molecule is CCc1sc(NC(=O)[C@@H]2CC(=O)N(c3cccc(OC)c3)C2)nc1-c1ccccc1. The average Bonchev–Trinajstić information content (AvgIpc) is 3.37. The molecule has 1 aromatic heterocycles. The number of ether oxygens (including phenoxy) is 1. The Balaban J connectivity index is 1.48. The summed E-state index contributed by atoms with van der Waals surface area (Å²) < 4.78 is 5.24. The van der Waals surface area contributed by atoms with E-state index in [4.69, 9.17) is 4.74 Å². The van der Waals surface area contributed by atoms with Crippen LogP contribution in [0, 0.1) is 5.92 Å². The van der Waals surface area contributed by atoms with Crippen molar-refractivity contribution in [3.05, 3.63) is 59.5 Å². The van der Waals surface area contributed by atoms with Crippen molar-refractivity contribution in [2.75, 3.05) is 23.9 Å². The van der Waals surface area contributed by atoms with Crippen molar-refractivity contribution in [3.63, 3.8) is 0 Å². The van der Waals surface area contributed by atoms with Crippen LogP contribution in [-0.2, 0) is 16.0 Å². The van der Waals surface area contributed by atoms with E-state index >= 15 is 0 Å². The minimum atomic E-state index is -0.419. The van der Waals surface area contributed by atoms with E-state index in [1.54, 1.807) is 18.1 Å². The molecule has 1 saturated heterocycles. The van der Waals surface area contributed by atoms with E-state index in [2.05, 4.69) is 17.2 Å². The standard InChI is InChI=1S/C23H23N3O3S/c1-3-19-21(15-8-5-4-6-9-15)24-23(30-19)25-22(28)16-12-20(27)26(14-16)17-10-7-11-18(13-17)29-2/h4-11,13,16H,3,12,14H2,1-2H3,(H,24,25,28)/t16-/m1/s1. The first kappa shape index (κ1) is 20.1. The molecule has 154 valence electrons. The summed E-state index contributed by atoms with van der Waals surface area (Å²) in [5.74, 6) is 0.0147. The highest BCUT2D eigenvalue weighted by atomic mass is 32.1. The molecule has 1 aliphatic rings. The first-order valence-corrected chi connectivity index (χ1v) is 10.7. The molecule has 4 rings (SSSR count). The number of aryl methyl sites for hydroxylation is 1. The Hall–Kier alpha value is -3.19. The molecular weight excluding hydrogens is 398 g/mol. The summed E-state index contributed by atoms with van der Waals surface area (Å²) in [6.07, 6.45) is 1.02. The van der Waals surface area contributed by atoms with Crippen molar-refractivity contribution in [1.82, 2.24) is 4.98 Å². The molecule has 0 unspecified atom stereocenters. The Morgan fingerprint density at radius 2 is 2.03 bits per heavy atom. The predicted molar refractivity (Wildman–Crippen MR) is 119 cm³/mol. The molecule has 0 aliphatic carbocycles. The van der Waals surface area contributed by atoms with Crippen molar-refractivity contribution >= 4 is 34.0 Å². The first-order valence-electron chi connectivity index (χ1n) is 9.89. The van der Waals surface area contributed by atoms with Crippen molar-refractivity contribution in [2.24, 2.45) is 5.92 Å². The van der Waals surface area contributed by atoms with Gasteiger partial charge in [0.05, 0.1) is 18.7 Å². The lowest BCUT2D eigenvalue weighted by molar-refractivity contribution is -0.122. The van der Waals surface area contributed by atoms with Gasteiger partial charge in [-0.05, 0) is 18.6 Å². The summed E-state index contributed by atoms with van der Waals surface area (Å²) in [5, 5.41) is 3.50. The molecule has 2 heterocycles. The average molecular weight is 422 g/mol. The quantitative estimate of drug-likeness (QED) is 0.641. The van der Waals surface area contributed by atoms with Crippen LogP contribution in [0.15, 0.2) is 54.6 Å². The van der Waals surface area contributed by atoms with E-state index in [1.807, 2.05) is 48.5 Å². The fraction of sp³-hybridized carbons (Fsp3) is 0.261. The molecule has 0 saturated carbocycles. The zero-order chi connectivity index (χ0) is 21.1. The summed E-state index contributed by atoms with van der Waals surface area (Å²) in [7, 11) is 1.59. The smallest absolute Gasteiger partial charge is 0.231 e. The van der Waals surface area contributed by atoms with E-state index < -0.39 is 5.92 Å². The van der Waals surface area contributed by atoms with Crippen LogP contribution in [0.5, 0.6) is 5.75 Å². The third-order valence-electron chi connectivity index (χ3n) is 5.16. The van der Waals surface area contributed by atoms with Gasteiger partial charge in [0, 0.05) is 35.2 Å². The van der Waals surface area contributed by atoms with Crippen LogP contribution in [0.3, 0.4) is 0 Å². The van der Waals surface area contributed by atoms with E-state index in [1.165, 1.54) is 11.3 Å². The number of hydrogen-bond acceptors (Lipinski definition) is 5. The van der Waals surface area contributed by atoms with Crippen LogP contribution in [0.25, 0.3) is 11.3 Å².